The van der Waals surface area contributed by atoms with Gasteiger partial charge in [0, 0.05) is 4.92 Å². The van der Waals surface area contributed by atoms with E-state index in [0.717, 1.165) is 6.21 Å². The number of nitriles is 1. The van der Waals surface area contributed by atoms with E-state index in [-0.39, 0.29) is 11.3 Å². The molecule has 0 fully saturated rings. The van der Waals surface area contributed by atoms with E-state index in [0.29, 0.717) is 0 Å². The van der Waals surface area contributed by atoms with E-state index in [4.69, 9.17) is 10.00 Å². The summed E-state index contributed by atoms with van der Waals surface area (Å²) in [5.41, 5.74) is -0.940. The number of ether oxygens (including phenoxy) is 1. The molecule has 1 atom stereocenters. The maximum atomic E-state index is 11.8. The fourth-order valence-corrected chi connectivity index (χ4v) is 1.25. The first-order chi connectivity index (χ1) is 8.74. The van der Waals surface area contributed by atoms with Crippen LogP contribution in [0.4, 0.5) is 0 Å². The number of aliphatic imine (C=N–C) groups is 1. The van der Waals surface area contributed by atoms with E-state index in [1.165, 1.54) is 12.2 Å². The van der Waals surface area contributed by atoms with Gasteiger partial charge in [0.25, 0.3) is 6.04 Å². The minimum atomic E-state index is -1.04. The van der Waals surface area contributed by atoms with Gasteiger partial charge >= 0.3 is 5.97 Å². The van der Waals surface area contributed by atoms with Gasteiger partial charge in [-0.25, -0.2) is 4.79 Å². The van der Waals surface area contributed by atoms with Crippen molar-refractivity contribution < 1.29 is 14.5 Å². The lowest BCUT2D eigenvalue weighted by Crippen LogP contribution is -2.25. The lowest BCUT2D eigenvalue weighted by molar-refractivity contribution is -0.489. The molecular weight excluding hydrogens is 250 g/mol. The van der Waals surface area contributed by atoms with Gasteiger partial charge < -0.3 is 4.74 Å². The molecule has 7 heteroatoms. The molecule has 1 unspecified atom stereocenters. The summed E-state index contributed by atoms with van der Waals surface area (Å²) in [6, 6.07) is 0.669. The number of esters is 1. The van der Waals surface area contributed by atoms with Crippen LogP contribution in [-0.2, 0) is 9.53 Å². The molecule has 0 aromatic heterocycles. The summed E-state index contributed by atoms with van der Waals surface area (Å²) in [6.45, 7) is 5.02. The van der Waals surface area contributed by atoms with Crippen molar-refractivity contribution in [2.75, 3.05) is 0 Å². The molecule has 0 spiro atoms. The van der Waals surface area contributed by atoms with E-state index in [9.17, 15) is 14.9 Å². The molecule has 1 aliphatic rings. The molecular formula is C12H13N3O4. The number of hydrogen-bond acceptors (Lipinski definition) is 6. The highest BCUT2D eigenvalue weighted by molar-refractivity contribution is 5.95. The Morgan fingerprint density at radius 2 is 2.21 bits per heavy atom. The SMILES string of the molecule is CC(C)(C)OC(=O)/C(C#N)=C1\C=CC([N+](=O)[O-])C=N1. The summed E-state index contributed by atoms with van der Waals surface area (Å²) in [4.78, 5) is 25.5. The monoisotopic (exact) mass is 263 g/mol. The number of dihydropyridines is 1. The van der Waals surface area contributed by atoms with Gasteiger partial charge in [-0.1, -0.05) is 0 Å². The fourth-order valence-electron chi connectivity index (χ4n) is 1.25. The van der Waals surface area contributed by atoms with Crippen molar-refractivity contribution in [3.63, 3.8) is 0 Å². The Labute approximate surface area is 110 Å². The van der Waals surface area contributed by atoms with Crippen molar-refractivity contribution in [2.24, 2.45) is 4.99 Å². The summed E-state index contributed by atoms with van der Waals surface area (Å²) in [5, 5.41) is 19.5. The number of nitro groups is 1. The molecule has 1 rings (SSSR count). The first kappa shape index (κ1) is 14.6. The standard InChI is InChI=1S/C12H13N3O4/c1-12(2,3)19-11(16)9(6-13)10-5-4-8(7-14-10)15(17)18/h4-5,7-8H,1-3H3/b10-9+. The molecule has 0 aromatic rings. The largest absolute Gasteiger partial charge is 0.456 e. The van der Waals surface area contributed by atoms with E-state index in [2.05, 4.69) is 4.99 Å². The third-order valence-corrected chi connectivity index (χ3v) is 2.03. The van der Waals surface area contributed by atoms with E-state index in [1.807, 2.05) is 0 Å². The zero-order valence-electron chi connectivity index (χ0n) is 10.8. The number of hydrogen-bond donors (Lipinski definition) is 0. The van der Waals surface area contributed by atoms with Gasteiger partial charge in [-0.2, -0.15) is 5.26 Å². The highest BCUT2D eigenvalue weighted by Crippen LogP contribution is 2.17. The molecule has 0 amide bonds. The van der Waals surface area contributed by atoms with Crippen LogP contribution in [0.25, 0.3) is 0 Å². The highest BCUT2D eigenvalue weighted by atomic mass is 16.6. The molecule has 1 aliphatic heterocycles. The number of rotatable bonds is 2. The summed E-state index contributed by atoms with van der Waals surface area (Å²) in [6.07, 6.45) is 3.59. The molecule has 0 bridgehead atoms. The minimum Gasteiger partial charge on any atom is -0.456 e. The molecule has 1 heterocycles. The van der Waals surface area contributed by atoms with Crippen LogP contribution < -0.4 is 0 Å². The Balaban J connectivity index is 2.99. The molecule has 100 valence electrons. The summed E-state index contributed by atoms with van der Waals surface area (Å²) < 4.78 is 5.06. The quantitative estimate of drug-likeness (QED) is 0.246. The molecule has 7 nitrogen and oxygen atoms in total. The van der Waals surface area contributed by atoms with Gasteiger partial charge in [0.05, 0.1) is 11.9 Å². The second-order valence-corrected chi connectivity index (χ2v) is 4.79. The maximum absolute atomic E-state index is 11.8. The molecule has 0 N–H and O–H groups in total. The fraction of sp³-hybridized carbons (Fsp3) is 0.417. The molecule has 0 saturated carbocycles. The van der Waals surface area contributed by atoms with Crippen LogP contribution in [0.5, 0.6) is 0 Å². The van der Waals surface area contributed by atoms with Crippen molar-refractivity contribution in [2.45, 2.75) is 32.4 Å². The first-order valence-electron chi connectivity index (χ1n) is 5.48. The van der Waals surface area contributed by atoms with Crippen LogP contribution in [-0.4, -0.2) is 28.8 Å². The van der Waals surface area contributed by atoms with E-state index >= 15 is 0 Å². The molecule has 0 radical (unpaired) electrons. The summed E-state index contributed by atoms with van der Waals surface area (Å²) in [7, 11) is 0. The molecule has 0 aliphatic carbocycles. The van der Waals surface area contributed by atoms with Crippen LogP contribution in [0, 0.1) is 21.4 Å². The summed E-state index contributed by atoms with van der Waals surface area (Å²) in [5.74, 6) is -0.800. The van der Waals surface area contributed by atoms with Crippen LogP contribution in [0.15, 0.2) is 28.4 Å². The Morgan fingerprint density at radius 3 is 2.58 bits per heavy atom. The molecule has 0 aromatic carbocycles. The van der Waals surface area contributed by atoms with Gasteiger partial charge in [-0.15, -0.1) is 0 Å². The van der Waals surface area contributed by atoms with Crippen molar-refractivity contribution >= 4 is 12.2 Å². The minimum absolute atomic E-state index is 0.0647. The Hall–Kier alpha value is -2.49. The molecule has 0 saturated heterocycles. The lowest BCUT2D eigenvalue weighted by Gasteiger charge is -2.19. The first-order valence-corrected chi connectivity index (χ1v) is 5.48. The number of carbonyl (C=O) groups is 1. The van der Waals surface area contributed by atoms with Gasteiger partial charge in [-0.05, 0) is 32.9 Å². The predicted octanol–water partition coefficient (Wildman–Crippen LogP) is 1.39. The van der Waals surface area contributed by atoms with E-state index in [1.54, 1.807) is 26.8 Å². The smallest absolute Gasteiger partial charge is 0.351 e. The Kier molecular flexibility index (Phi) is 4.17. The van der Waals surface area contributed by atoms with Gasteiger partial charge in [0.2, 0.25) is 0 Å². The second-order valence-electron chi connectivity index (χ2n) is 4.79. The van der Waals surface area contributed by atoms with Crippen molar-refractivity contribution in [3.8, 4) is 6.07 Å². The van der Waals surface area contributed by atoms with Gasteiger partial charge in [0.15, 0.2) is 5.57 Å². The maximum Gasteiger partial charge on any atom is 0.351 e. The number of allylic oxidation sites excluding steroid dienone is 1. The Bertz CT molecular complexity index is 516. The average molecular weight is 263 g/mol. The number of carbonyl (C=O) groups excluding carboxylic acids is 1. The van der Waals surface area contributed by atoms with Crippen LogP contribution in [0.1, 0.15) is 20.8 Å². The lowest BCUT2D eigenvalue weighted by atomic mass is 10.1. The van der Waals surface area contributed by atoms with Crippen LogP contribution in [0.3, 0.4) is 0 Å². The van der Waals surface area contributed by atoms with Crippen molar-refractivity contribution in [1.29, 1.82) is 5.26 Å². The third-order valence-electron chi connectivity index (χ3n) is 2.03. The topological polar surface area (TPSA) is 106 Å². The second kappa shape index (κ2) is 5.44. The zero-order valence-corrected chi connectivity index (χ0v) is 10.8. The molecule has 19 heavy (non-hydrogen) atoms. The summed E-state index contributed by atoms with van der Waals surface area (Å²) >= 11 is 0. The number of nitrogens with zero attached hydrogens (tertiary/aromatic N) is 3. The third kappa shape index (κ3) is 4.03. The zero-order chi connectivity index (χ0) is 14.6. The Morgan fingerprint density at radius 1 is 1.58 bits per heavy atom. The van der Waals surface area contributed by atoms with Crippen LogP contribution in [0.2, 0.25) is 0 Å². The average Bonchev–Trinajstić information content (AvgIpc) is 2.28. The van der Waals surface area contributed by atoms with E-state index < -0.39 is 22.5 Å². The van der Waals surface area contributed by atoms with Gasteiger partial charge in [0.1, 0.15) is 11.7 Å². The predicted molar refractivity (Wildman–Crippen MR) is 66.9 cm³/mol. The highest BCUT2D eigenvalue weighted by Gasteiger charge is 2.24. The van der Waals surface area contributed by atoms with Gasteiger partial charge in [-0.3, -0.25) is 15.1 Å². The van der Waals surface area contributed by atoms with Crippen molar-refractivity contribution in [1.82, 2.24) is 0 Å². The normalized spacial score (nSPS) is 20.6. The van der Waals surface area contributed by atoms with Crippen LogP contribution >= 0.6 is 0 Å². The van der Waals surface area contributed by atoms with Crippen molar-refractivity contribution in [3.05, 3.63) is 33.5 Å².